The van der Waals surface area contributed by atoms with Crippen LogP contribution in [0.25, 0.3) is 0 Å². The molecule has 0 aliphatic carbocycles. The first-order chi connectivity index (χ1) is 16.5. The highest BCUT2D eigenvalue weighted by Crippen LogP contribution is 2.15. The van der Waals surface area contributed by atoms with Gasteiger partial charge in [-0.1, -0.05) is 30.3 Å². The predicted octanol–water partition coefficient (Wildman–Crippen LogP) is 4.41. The lowest BCUT2D eigenvalue weighted by Gasteiger charge is -2.11. The lowest BCUT2D eigenvalue weighted by atomic mass is 10.1. The highest BCUT2D eigenvalue weighted by Gasteiger charge is 2.09. The van der Waals surface area contributed by atoms with Gasteiger partial charge in [0.1, 0.15) is 12.4 Å². The Morgan fingerprint density at radius 2 is 1.47 bits per heavy atom. The predicted molar refractivity (Wildman–Crippen MR) is 137 cm³/mol. The summed E-state index contributed by atoms with van der Waals surface area (Å²) in [4.78, 5) is 24.6. The van der Waals surface area contributed by atoms with Crippen molar-refractivity contribution in [1.29, 1.82) is 0 Å². The number of ether oxygens (including phenoxy) is 2. The van der Waals surface area contributed by atoms with E-state index in [0.717, 1.165) is 5.56 Å². The number of methoxy groups -OCH3 is 1. The Morgan fingerprint density at radius 1 is 0.824 bits per heavy atom. The number of aryl methyl sites for hydroxylation is 1. The van der Waals surface area contributed by atoms with Crippen molar-refractivity contribution in [3.05, 3.63) is 90.0 Å². The molecule has 0 atom stereocenters. The van der Waals surface area contributed by atoms with Gasteiger partial charge < -0.3 is 20.1 Å². The molecule has 8 heteroatoms. The zero-order chi connectivity index (χ0) is 24.2. The molecule has 3 aromatic carbocycles. The van der Waals surface area contributed by atoms with E-state index in [9.17, 15) is 9.59 Å². The molecule has 3 aromatic rings. The fourth-order valence-electron chi connectivity index (χ4n) is 3.05. The summed E-state index contributed by atoms with van der Waals surface area (Å²) >= 11 is 5.24. The summed E-state index contributed by atoms with van der Waals surface area (Å²) in [7, 11) is 1.61. The van der Waals surface area contributed by atoms with Gasteiger partial charge in [-0.3, -0.25) is 14.9 Å². The number of rotatable bonds is 10. The molecular weight excluding hydrogens is 450 g/mol. The quantitative estimate of drug-likeness (QED) is 0.296. The van der Waals surface area contributed by atoms with Crippen molar-refractivity contribution < 1.29 is 19.1 Å². The van der Waals surface area contributed by atoms with Crippen LogP contribution >= 0.6 is 12.2 Å². The van der Waals surface area contributed by atoms with E-state index < -0.39 is 0 Å². The molecule has 0 spiro atoms. The molecule has 0 aromatic heterocycles. The Morgan fingerprint density at radius 3 is 2.12 bits per heavy atom. The van der Waals surface area contributed by atoms with Gasteiger partial charge in [0.15, 0.2) is 5.11 Å². The topological polar surface area (TPSA) is 88.7 Å². The third-order valence-corrected chi connectivity index (χ3v) is 5.01. The number of nitrogens with one attached hydrogen (secondary N) is 3. The first-order valence-corrected chi connectivity index (χ1v) is 11.2. The highest BCUT2D eigenvalue weighted by atomic mass is 32.1. The molecule has 0 bridgehead atoms. The molecule has 0 heterocycles. The molecule has 0 fully saturated rings. The standard InChI is InChI=1S/C26H27N3O4S/c1-32-17-18-33-23-14-8-20(9-15-23)25(31)29-26(34)28-22-12-10-21(11-13-22)27-24(30)16-7-19-5-3-2-4-6-19/h2-6,8-15H,7,16-18H2,1H3,(H,27,30)(H2,28,29,31,34). The van der Waals surface area contributed by atoms with Crippen molar-refractivity contribution in [1.82, 2.24) is 5.32 Å². The van der Waals surface area contributed by atoms with Gasteiger partial charge in [0.05, 0.1) is 6.61 Å². The second kappa shape index (κ2) is 13.1. The first-order valence-electron chi connectivity index (χ1n) is 10.8. The maximum atomic E-state index is 12.4. The molecule has 0 saturated heterocycles. The first kappa shape index (κ1) is 24.9. The number of carbonyl (C=O) groups is 2. The Hall–Kier alpha value is -3.75. The van der Waals surface area contributed by atoms with E-state index >= 15 is 0 Å². The van der Waals surface area contributed by atoms with Gasteiger partial charge in [-0.15, -0.1) is 0 Å². The number of benzene rings is 3. The van der Waals surface area contributed by atoms with Crippen molar-refractivity contribution in [3.8, 4) is 5.75 Å². The summed E-state index contributed by atoms with van der Waals surface area (Å²) in [6.07, 6.45) is 1.09. The minimum absolute atomic E-state index is 0.0533. The molecule has 0 saturated carbocycles. The van der Waals surface area contributed by atoms with Crippen LogP contribution in [0.15, 0.2) is 78.9 Å². The number of carbonyl (C=O) groups excluding carboxylic acids is 2. The van der Waals surface area contributed by atoms with Gasteiger partial charge in [-0.25, -0.2) is 0 Å². The molecule has 176 valence electrons. The molecule has 3 N–H and O–H groups in total. The van der Waals surface area contributed by atoms with Crippen LogP contribution in [0.5, 0.6) is 5.75 Å². The van der Waals surface area contributed by atoms with Gasteiger partial charge >= 0.3 is 0 Å². The largest absolute Gasteiger partial charge is 0.491 e. The number of hydrogen-bond donors (Lipinski definition) is 3. The van der Waals surface area contributed by atoms with Crippen LogP contribution in [0.2, 0.25) is 0 Å². The van der Waals surface area contributed by atoms with Crippen molar-refractivity contribution in [3.63, 3.8) is 0 Å². The minimum Gasteiger partial charge on any atom is -0.491 e. The SMILES string of the molecule is COCCOc1ccc(C(=O)NC(=S)Nc2ccc(NC(=O)CCc3ccccc3)cc2)cc1. The zero-order valence-electron chi connectivity index (χ0n) is 18.9. The van der Waals surface area contributed by atoms with Gasteiger partial charge in [0.25, 0.3) is 5.91 Å². The number of thiocarbonyl (C=S) groups is 1. The monoisotopic (exact) mass is 477 g/mol. The van der Waals surface area contributed by atoms with Gasteiger partial charge in [-0.2, -0.15) is 0 Å². The Balaban J connectivity index is 1.43. The fraction of sp³-hybridized carbons (Fsp3) is 0.192. The number of amides is 2. The fourth-order valence-corrected chi connectivity index (χ4v) is 3.26. The van der Waals surface area contributed by atoms with E-state index in [0.29, 0.717) is 48.7 Å². The van der Waals surface area contributed by atoms with Crippen LogP contribution in [0.1, 0.15) is 22.3 Å². The summed E-state index contributed by atoms with van der Waals surface area (Å²) in [6.45, 7) is 0.927. The molecule has 2 amide bonds. The molecule has 0 aliphatic rings. The van der Waals surface area contributed by atoms with E-state index in [-0.39, 0.29) is 16.9 Å². The summed E-state index contributed by atoms with van der Waals surface area (Å²) in [5, 5.41) is 8.66. The number of anilines is 2. The normalized spacial score (nSPS) is 10.3. The average Bonchev–Trinajstić information content (AvgIpc) is 2.85. The highest BCUT2D eigenvalue weighted by molar-refractivity contribution is 7.80. The summed E-state index contributed by atoms with van der Waals surface area (Å²) in [5.74, 6) is 0.271. The van der Waals surface area contributed by atoms with E-state index in [4.69, 9.17) is 21.7 Å². The lowest BCUT2D eigenvalue weighted by molar-refractivity contribution is -0.116. The Bertz CT molecular complexity index is 1090. The van der Waals surface area contributed by atoms with Crippen molar-refractivity contribution in [2.24, 2.45) is 0 Å². The van der Waals surface area contributed by atoms with Crippen molar-refractivity contribution >= 4 is 40.5 Å². The van der Waals surface area contributed by atoms with E-state index in [2.05, 4.69) is 16.0 Å². The molecule has 3 rings (SSSR count). The van der Waals surface area contributed by atoms with Crippen LogP contribution in [0, 0.1) is 0 Å². The van der Waals surface area contributed by atoms with Crippen molar-refractivity contribution in [2.75, 3.05) is 31.0 Å². The van der Waals surface area contributed by atoms with Gasteiger partial charge in [0, 0.05) is 30.5 Å². The zero-order valence-corrected chi connectivity index (χ0v) is 19.7. The number of hydrogen-bond acceptors (Lipinski definition) is 5. The third kappa shape index (κ3) is 8.31. The maximum absolute atomic E-state index is 12.4. The van der Waals surface area contributed by atoms with Gasteiger partial charge in [0.2, 0.25) is 5.91 Å². The molecule has 7 nitrogen and oxygen atoms in total. The minimum atomic E-state index is -0.330. The summed E-state index contributed by atoms with van der Waals surface area (Å²) in [6, 6.07) is 23.7. The Labute approximate surface area is 204 Å². The van der Waals surface area contributed by atoms with Crippen LogP contribution in [-0.2, 0) is 16.0 Å². The maximum Gasteiger partial charge on any atom is 0.257 e. The summed E-state index contributed by atoms with van der Waals surface area (Å²) < 4.78 is 10.4. The Kier molecular flexibility index (Phi) is 9.57. The van der Waals surface area contributed by atoms with Crippen molar-refractivity contribution in [2.45, 2.75) is 12.8 Å². The van der Waals surface area contributed by atoms with E-state index in [1.54, 1.807) is 55.6 Å². The summed E-state index contributed by atoms with van der Waals surface area (Å²) in [5.41, 5.74) is 2.96. The van der Waals surface area contributed by atoms with Crippen LogP contribution in [0.3, 0.4) is 0 Å². The van der Waals surface area contributed by atoms with Crippen LogP contribution in [-0.4, -0.2) is 37.3 Å². The van der Waals surface area contributed by atoms with Crippen LogP contribution in [0.4, 0.5) is 11.4 Å². The third-order valence-electron chi connectivity index (χ3n) is 4.81. The molecule has 34 heavy (non-hydrogen) atoms. The lowest BCUT2D eigenvalue weighted by Crippen LogP contribution is -2.34. The average molecular weight is 478 g/mol. The van der Waals surface area contributed by atoms with Crippen LogP contribution < -0.4 is 20.7 Å². The van der Waals surface area contributed by atoms with E-state index in [1.165, 1.54) is 0 Å². The second-order valence-corrected chi connectivity index (χ2v) is 7.79. The molecule has 0 aliphatic heterocycles. The molecule has 0 unspecified atom stereocenters. The smallest absolute Gasteiger partial charge is 0.257 e. The van der Waals surface area contributed by atoms with Gasteiger partial charge in [-0.05, 0) is 72.7 Å². The van der Waals surface area contributed by atoms with E-state index in [1.807, 2.05) is 30.3 Å². The molecular formula is C26H27N3O4S. The molecule has 0 radical (unpaired) electrons. The second-order valence-electron chi connectivity index (χ2n) is 7.39.